The van der Waals surface area contributed by atoms with Crippen LogP contribution in [0.1, 0.15) is 195 Å². The van der Waals surface area contributed by atoms with E-state index in [0.29, 0.717) is 108 Å². The van der Waals surface area contributed by atoms with Gasteiger partial charge in [0.25, 0.3) is 23.7 Å². The molecule has 0 saturated carbocycles. The summed E-state index contributed by atoms with van der Waals surface area (Å²) in [6.07, 6.45) is 3.93. The Morgan fingerprint density at radius 3 is 1.18 bits per heavy atom. The molecular formula is C92H97F4N13O8. The number of halogens is 4. The molecule has 13 N–H and O–H groups in total. The van der Waals surface area contributed by atoms with Gasteiger partial charge in [0.1, 0.15) is 47.2 Å². The number of carbonyl (C=O) groups excluding carboxylic acids is 4. The molecule has 0 fully saturated rings. The molecule has 4 unspecified atom stereocenters. The topological polar surface area (TPSA) is 320 Å². The minimum atomic E-state index is -2.99. The number of aliphatic hydroxyl groups excluding tert-OH is 4. The van der Waals surface area contributed by atoms with Crippen molar-refractivity contribution in [3.8, 4) is 0 Å². The van der Waals surface area contributed by atoms with Gasteiger partial charge in [0, 0.05) is 138 Å². The summed E-state index contributed by atoms with van der Waals surface area (Å²) >= 11 is 0. The summed E-state index contributed by atoms with van der Waals surface area (Å²) in [4.78, 5) is 52.9. The van der Waals surface area contributed by atoms with Gasteiger partial charge in [-0.3, -0.25) is 39.5 Å². The summed E-state index contributed by atoms with van der Waals surface area (Å²) in [7, 11) is 1.58. The number of rotatable bonds is 29. The lowest BCUT2D eigenvalue weighted by atomic mass is 9.86. The number of nitrogens with one attached hydrogen (secondary N) is 9. The second-order valence-electron chi connectivity index (χ2n) is 28.9. The third-order valence-corrected chi connectivity index (χ3v) is 19.5. The average molecular weight is 1590 g/mol. The fourth-order valence-electron chi connectivity index (χ4n) is 12.8. The van der Waals surface area contributed by atoms with Gasteiger partial charge < -0.3 is 52.3 Å². The molecule has 0 bridgehead atoms. The third-order valence-electron chi connectivity index (χ3n) is 19.5. The van der Waals surface area contributed by atoms with Crippen LogP contribution in [0.4, 0.5) is 46.0 Å². The fraction of sp³-hybridized carbons (Fsp3) is 0.239. The van der Waals surface area contributed by atoms with E-state index in [0.717, 1.165) is 69.9 Å². The van der Waals surface area contributed by atoms with Gasteiger partial charge >= 0.3 is 0 Å². The molecule has 4 heterocycles. The number of aromatic amines is 3. The van der Waals surface area contributed by atoms with Crippen molar-refractivity contribution in [1.82, 2.24) is 35.9 Å². The van der Waals surface area contributed by atoms with Gasteiger partial charge in [-0.15, -0.1) is 0 Å². The normalized spacial score (nSPS) is 12.9. The van der Waals surface area contributed by atoms with Gasteiger partial charge in [0.05, 0.1) is 25.1 Å². The summed E-state index contributed by atoms with van der Waals surface area (Å²) in [5, 5.41) is 82.1. The standard InChI is InChI=1S/C25H23N3O2.C23H28N4O2.2C22H23F2N3O2/c29-24(18-9-3-1-4-10-18)21-13-7-8-14-22(21)27-17-19-15-16-26-23(19)25(30)28-20-11-5-2-6-12-20;1-23(2,3)17-11-9-15(10-12-17)21(28)18-7-5-6-8-19(18)25-13-16-14-26-27-20(16)22(29)24-4;1-3-19(28)20-15(13-26-27-20)12-25-18-10-5-4-9-17(18)21(29)14-7-6-8-16(11-14)22(2,23)24;1-3-19(28)20-15(13-26-27-20)12-25-18-7-5-4-6-17(18)21(29)14-8-10-16(11-9-14)22(2,23)24/h1-15,24,27,29H,16-17H2,(H,28,30);5-12,14,21,25,28H,13H2,1-4H3,(H,24,29)(H,26,27);2*4-11,13,21,25,29H,3,12H2,1-2H3,(H,26,27). The first-order valence-electron chi connectivity index (χ1n) is 38.3. The zero-order valence-electron chi connectivity index (χ0n) is 66.2. The van der Waals surface area contributed by atoms with Crippen molar-refractivity contribution in [3.05, 3.63) is 356 Å². The molecule has 25 heteroatoms. The summed E-state index contributed by atoms with van der Waals surface area (Å²) in [6.45, 7) is 13.7. The van der Waals surface area contributed by atoms with E-state index in [4.69, 9.17) is 0 Å². The van der Waals surface area contributed by atoms with Crippen LogP contribution in [0.25, 0.3) is 0 Å². The molecular weight excluding hydrogens is 1490 g/mol. The number of H-pyrrole nitrogens is 3. The second-order valence-corrected chi connectivity index (χ2v) is 28.9. The quantitative estimate of drug-likeness (QED) is 0.0153. The Balaban J connectivity index is 0.000000165. The number of carbonyl (C=O) groups is 4. The van der Waals surface area contributed by atoms with E-state index in [9.17, 15) is 57.2 Å². The predicted octanol–water partition coefficient (Wildman–Crippen LogP) is 17.6. The number of ketones is 2. The molecule has 0 saturated heterocycles. The summed E-state index contributed by atoms with van der Waals surface area (Å²) in [5.41, 5.74) is 14.8. The van der Waals surface area contributed by atoms with Crippen molar-refractivity contribution in [2.24, 2.45) is 4.99 Å². The highest BCUT2D eigenvalue weighted by atomic mass is 19.3. The Bertz CT molecular complexity index is 5180. The van der Waals surface area contributed by atoms with Crippen molar-refractivity contribution in [2.75, 3.05) is 46.7 Å². The van der Waals surface area contributed by atoms with Gasteiger partial charge in [0.15, 0.2) is 11.6 Å². The Hall–Kier alpha value is -12.9. The van der Waals surface area contributed by atoms with Crippen LogP contribution in [0.3, 0.4) is 0 Å². The number of alkyl halides is 4. The molecule has 606 valence electrons. The average Bonchev–Trinajstić information content (AvgIpc) is 1.30. The van der Waals surface area contributed by atoms with Crippen molar-refractivity contribution in [3.63, 3.8) is 0 Å². The molecule has 2 amide bonds. The van der Waals surface area contributed by atoms with Crippen LogP contribution in [0.15, 0.2) is 266 Å². The van der Waals surface area contributed by atoms with Gasteiger partial charge in [-0.2, -0.15) is 15.3 Å². The Morgan fingerprint density at radius 2 is 0.769 bits per heavy atom. The van der Waals surface area contributed by atoms with E-state index >= 15 is 0 Å². The number of aliphatic hydroxyl groups is 4. The smallest absolute Gasteiger partial charge is 0.274 e. The molecule has 3 aromatic heterocycles. The van der Waals surface area contributed by atoms with Crippen LogP contribution in [0, 0.1) is 0 Å². The summed E-state index contributed by atoms with van der Waals surface area (Å²) < 4.78 is 54.2. The molecule has 21 nitrogen and oxygen atoms in total. The summed E-state index contributed by atoms with van der Waals surface area (Å²) in [5.74, 6) is -6.42. The molecule has 1 aliphatic heterocycles. The molecule has 0 radical (unpaired) electrons. The number of Topliss-reactive ketones (excluding diaryl/α,β-unsaturated/α-hetero) is 2. The van der Waals surface area contributed by atoms with Gasteiger partial charge in [-0.1, -0.05) is 229 Å². The van der Waals surface area contributed by atoms with Crippen LogP contribution in [0.5, 0.6) is 0 Å². The molecule has 0 aliphatic carbocycles. The zero-order valence-corrected chi connectivity index (χ0v) is 66.2. The highest BCUT2D eigenvalue weighted by molar-refractivity contribution is 6.49. The summed E-state index contributed by atoms with van der Waals surface area (Å²) in [6, 6.07) is 68.0. The highest BCUT2D eigenvalue weighted by Crippen LogP contribution is 2.37. The number of amides is 2. The van der Waals surface area contributed by atoms with Gasteiger partial charge in [-0.05, 0) is 81.3 Å². The molecule has 1 aliphatic rings. The van der Waals surface area contributed by atoms with Crippen LogP contribution < -0.4 is 31.9 Å². The van der Waals surface area contributed by atoms with Crippen LogP contribution in [-0.4, -0.2) is 100 Å². The Kier molecular flexibility index (Phi) is 29.8. The number of hydrogen-bond acceptors (Lipinski definition) is 16. The van der Waals surface area contributed by atoms with Crippen LogP contribution in [-0.2, 0) is 41.7 Å². The van der Waals surface area contributed by atoms with E-state index in [1.165, 1.54) is 48.0 Å². The molecule has 4 atom stereocenters. The molecule has 117 heavy (non-hydrogen) atoms. The number of nitrogens with zero attached hydrogens (tertiary/aromatic N) is 4. The monoisotopic (exact) mass is 1590 g/mol. The maximum Gasteiger partial charge on any atom is 0.274 e. The maximum atomic E-state index is 13.7. The fourth-order valence-corrected chi connectivity index (χ4v) is 12.8. The minimum absolute atomic E-state index is 0.0274. The van der Waals surface area contributed by atoms with Crippen molar-refractivity contribution >= 4 is 57.5 Å². The van der Waals surface area contributed by atoms with Gasteiger partial charge in [-0.25, -0.2) is 17.6 Å². The first kappa shape index (κ1) is 86.5. The van der Waals surface area contributed by atoms with E-state index < -0.39 is 36.3 Å². The lowest BCUT2D eigenvalue weighted by molar-refractivity contribution is -0.110. The molecule has 12 aromatic rings. The predicted molar refractivity (Wildman–Crippen MR) is 450 cm³/mol. The van der Waals surface area contributed by atoms with E-state index in [1.807, 2.05) is 146 Å². The number of para-hydroxylation sites is 5. The number of aromatic nitrogens is 6. The number of anilines is 5. The zero-order chi connectivity index (χ0) is 83.8. The van der Waals surface area contributed by atoms with Crippen molar-refractivity contribution in [1.29, 1.82) is 0 Å². The largest absolute Gasteiger partial charge is 0.384 e. The maximum absolute atomic E-state index is 13.7. The first-order chi connectivity index (χ1) is 56.1. The lowest BCUT2D eigenvalue weighted by Gasteiger charge is -2.21. The second kappa shape index (κ2) is 40.4. The number of benzene rings is 9. The number of aliphatic imine (C=N–C) groups is 1. The first-order valence-corrected chi connectivity index (χ1v) is 38.3. The van der Waals surface area contributed by atoms with E-state index in [-0.39, 0.29) is 39.9 Å². The molecule has 13 rings (SSSR count). The van der Waals surface area contributed by atoms with Gasteiger partial charge in [0.2, 0.25) is 0 Å². The Labute approximate surface area is 677 Å². The van der Waals surface area contributed by atoms with Crippen LogP contribution >= 0.6 is 0 Å². The van der Waals surface area contributed by atoms with Crippen LogP contribution in [0.2, 0.25) is 0 Å². The van der Waals surface area contributed by atoms with E-state index in [1.54, 1.807) is 75.9 Å². The Morgan fingerprint density at radius 1 is 0.410 bits per heavy atom. The van der Waals surface area contributed by atoms with Crippen molar-refractivity contribution in [2.45, 2.75) is 123 Å². The molecule has 0 spiro atoms. The molecule has 9 aromatic carbocycles. The third kappa shape index (κ3) is 23.2. The van der Waals surface area contributed by atoms with E-state index in [2.05, 4.69) is 100 Å². The minimum Gasteiger partial charge on any atom is -0.384 e. The SMILES string of the molecule is CCC(=O)c1[nH]ncc1CNc1ccccc1C(O)c1ccc(C(C)(F)F)cc1.CCC(=O)c1[nH]ncc1CNc1ccccc1C(O)c1cccc(C(C)(F)F)c1.CNC(=O)c1[nH]ncc1CNc1ccccc1C(O)c1ccc(C(C)(C)C)cc1.O=C(Nc1ccccc1)C1=NCC=C1CNc1ccccc1C(O)c1ccccc1. The van der Waals surface area contributed by atoms with Crippen molar-refractivity contribution < 1.29 is 57.2 Å². The highest BCUT2D eigenvalue weighted by Gasteiger charge is 2.29. The lowest BCUT2D eigenvalue weighted by Crippen LogP contribution is -2.26. The number of hydrogen-bond donors (Lipinski definition) is 13.